The Balaban J connectivity index is 1.19. The lowest BCUT2D eigenvalue weighted by Crippen LogP contribution is -2.36. The van der Waals surface area contributed by atoms with Crippen molar-refractivity contribution < 1.29 is 9.47 Å². The summed E-state index contributed by atoms with van der Waals surface area (Å²) in [5.74, 6) is 1.76. The van der Waals surface area contributed by atoms with E-state index in [0.717, 1.165) is 63.6 Å². The molecule has 2 aromatic carbocycles. The first-order chi connectivity index (χ1) is 16.2. The van der Waals surface area contributed by atoms with Crippen LogP contribution in [0.1, 0.15) is 17.0 Å². The number of fused-ring (bicyclic) bond motifs is 4. The lowest BCUT2D eigenvalue weighted by molar-refractivity contribution is 0.122. The quantitative estimate of drug-likeness (QED) is 0.500. The number of rotatable bonds is 5. The molecule has 0 radical (unpaired) electrons. The van der Waals surface area contributed by atoms with E-state index >= 15 is 0 Å². The van der Waals surface area contributed by atoms with E-state index in [4.69, 9.17) is 20.2 Å². The van der Waals surface area contributed by atoms with Crippen LogP contribution in [0, 0.1) is 0 Å². The van der Waals surface area contributed by atoms with E-state index in [9.17, 15) is 0 Å². The van der Waals surface area contributed by atoms with Gasteiger partial charge >= 0.3 is 0 Å². The second kappa shape index (κ2) is 8.17. The fourth-order valence-electron chi connectivity index (χ4n) is 4.83. The SMILES string of the molecule is COc1cccc2c1nc(N)n1nc(CCN3Cc4ccc(N5CCOCC5)cc4C3)nc21. The Morgan fingerprint density at radius 1 is 1.06 bits per heavy atom. The molecule has 0 atom stereocenters. The summed E-state index contributed by atoms with van der Waals surface area (Å²) >= 11 is 0. The van der Waals surface area contributed by atoms with Crippen LogP contribution in [-0.2, 0) is 24.2 Å². The second-order valence-corrected chi connectivity index (χ2v) is 8.60. The van der Waals surface area contributed by atoms with Gasteiger partial charge in [0.2, 0.25) is 5.95 Å². The minimum absolute atomic E-state index is 0.310. The van der Waals surface area contributed by atoms with Gasteiger partial charge in [-0.25, -0.2) is 9.97 Å². The summed E-state index contributed by atoms with van der Waals surface area (Å²) in [4.78, 5) is 14.1. The fraction of sp³-hybridized carbons (Fsp3) is 0.375. The first-order valence-electron chi connectivity index (χ1n) is 11.3. The molecule has 33 heavy (non-hydrogen) atoms. The number of hydrogen-bond donors (Lipinski definition) is 1. The van der Waals surface area contributed by atoms with Crippen LogP contribution in [0.5, 0.6) is 5.75 Å². The third kappa shape index (κ3) is 3.63. The third-order valence-electron chi connectivity index (χ3n) is 6.56. The molecule has 2 aliphatic heterocycles. The Morgan fingerprint density at radius 2 is 1.91 bits per heavy atom. The summed E-state index contributed by atoms with van der Waals surface area (Å²) in [6, 6.07) is 12.6. The number of benzene rings is 2. The molecule has 1 saturated heterocycles. The lowest BCUT2D eigenvalue weighted by atomic mass is 10.1. The summed E-state index contributed by atoms with van der Waals surface area (Å²) in [7, 11) is 1.63. The van der Waals surface area contributed by atoms with Crippen LogP contribution in [0.15, 0.2) is 36.4 Å². The number of nitrogens with zero attached hydrogens (tertiary/aromatic N) is 6. The second-order valence-electron chi connectivity index (χ2n) is 8.60. The van der Waals surface area contributed by atoms with Crippen molar-refractivity contribution in [2.24, 2.45) is 0 Å². The standard InChI is InChI=1S/C24H27N7O2/c1-32-20-4-2-3-19-22(20)27-24(25)31-23(19)26-21(28-31)7-8-29-14-16-5-6-18(13-17(16)15-29)30-9-11-33-12-10-30/h2-6,13H,7-12,14-15H2,1H3,(H2,25,27). The molecule has 6 rings (SSSR count). The fourth-order valence-corrected chi connectivity index (χ4v) is 4.83. The highest BCUT2D eigenvalue weighted by molar-refractivity contribution is 5.95. The first-order valence-corrected chi connectivity index (χ1v) is 11.3. The highest BCUT2D eigenvalue weighted by atomic mass is 16.5. The topological polar surface area (TPSA) is 94.0 Å². The van der Waals surface area contributed by atoms with Crippen LogP contribution >= 0.6 is 0 Å². The molecule has 0 bridgehead atoms. The van der Waals surface area contributed by atoms with E-state index in [0.29, 0.717) is 22.9 Å². The predicted octanol–water partition coefficient (Wildman–Crippen LogP) is 2.26. The van der Waals surface area contributed by atoms with Crippen molar-refractivity contribution >= 4 is 28.2 Å². The van der Waals surface area contributed by atoms with Gasteiger partial charge in [-0.05, 0) is 35.4 Å². The third-order valence-corrected chi connectivity index (χ3v) is 6.56. The zero-order valence-electron chi connectivity index (χ0n) is 18.7. The molecule has 2 N–H and O–H groups in total. The average molecular weight is 446 g/mol. The molecule has 2 aromatic heterocycles. The van der Waals surface area contributed by atoms with Crippen molar-refractivity contribution in [3.05, 3.63) is 53.3 Å². The molecule has 4 aromatic rings. The van der Waals surface area contributed by atoms with Gasteiger partial charge in [0, 0.05) is 50.2 Å². The van der Waals surface area contributed by atoms with Gasteiger partial charge in [-0.1, -0.05) is 12.1 Å². The molecule has 0 unspecified atom stereocenters. The molecule has 0 spiro atoms. The number of hydrogen-bond acceptors (Lipinski definition) is 8. The summed E-state index contributed by atoms with van der Waals surface area (Å²) in [5.41, 5.74) is 11.7. The van der Waals surface area contributed by atoms with Gasteiger partial charge in [-0.3, -0.25) is 4.90 Å². The van der Waals surface area contributed by atoms with Gasteiger partial charge in [-0.15, -0.1) is 5.10 Å². The molecule has 0 aliphatic carbocycles. The summed E-state index contributed by atoms with van der Waals surface area (Å²) in [6.07, 6.45) is 0.747. The zero-order valence-corrected chi connectivity index (χ0v) is 18.7. The van der Waals surface area contributed by atoms with Gasteiger partial charge in [0.15, 0.2) is 11.5 Å². The Bertz CT molecular complexity index is 1330. The number of methoxy groups -OCH3 is 1. The van der Waals surface area contributed by atoms with Crippen LogP contribution in [-0.4, -0.2) is 64.4 Å². The Hall–Kier alpha value is -3.43. The van der Waals surface area contributed by atoms with Crippen molar-refractivity contribution in [2.45, 2.75) is 19.5 Å². The molecule has 170 valence electrons. The number of anilines is 2. The van der Waals surface area contributed by atoms with Crippen molar-refractivity contribution in [1.29, 1.82) is 0 Å². The number of ether oxygens (including phenoxy) is 2. The molecule has 4 heterocycles. The van der Waals surface area contributed by atoms with Crippen LogP contribution < -0.4 is 15.4 Å². The largest absolute Gasteiger partial charge is 0.494 e. The van der Waals surface area contributed by atoms with Gasteiger partial charge < -0.3 is 20.1 Å². The molecule has 1 fully saturated rings. The summed E-state index contributed by atoms with van der Waals surface area (Å²) < 4.78 is 12.6. The Kier molecular flexibility index (Phi) is 5.00. The maximum atomic E-state index is 6.18. The van der Waals surface area contributed by atoms with Crippen LogP contribution in [0.2, 0.25) is 0 Å². The smallest absolute Gasteiger partial charge is 0.223 e. The normalized spacial score (nSPS) is 16.6. The summed E-state index contributed by atoms with van der Waals surface area (Å²) in [5, 5.41) is 5.52. The van der Waals surface area contributed by atoms with Crippen molar-refractivity contribution in [2.75, 3.05) is 50.6 Å². The van der Waals surface area contributed by atoms with Gasteiger partial charge in [0.1, 0.15) is 11.3 Å². The summed E-state index contributed by atoms with van der Waals surface area (Å²) in [6.45, 7) is 6.31. The van der Waals surface area contributed by atoms with Gasteiger partial charge in [0.25, 0.3) is 0 Å². The Morgan fingerprint density at radius 3 is 2.76 bits per heavy atom. The van der Waals surface area contributed by atoms with E-state index in [-0.39, 0.29) is 0 Å². The molecular formula is C24H27N7O2. The number of para-hydroxylation sites is 1. The molecule has 2 aliphatic rings. The van der Waals surface area contributed by atoms with Crippen molar-refractivity contribution in [3.63, 3.8) is 0 Å². The Labute approximate surface area is 191 Å². The first kappa shape index (κ1) is 20.2. The van der Waals surface area contributed by atoms with E-state index in [2.05, 4.69) is 38.1 Å². The van der Waals surface area contributed by atoms with Crippen LogP contribution in [0.3, 0.4) is 0 Å². The average Bonchev–Trinajstić information content (AvgIpc) is 3.47. The minimum atomic E-state index is 0.310. The monoisotopic (exact) mass is 445 g/mol. The predicted molar refractivity (Wildman–Crippen MR) is 127 cm³/mol. The minimum Gasteiger partial charge on any atom is -0.494 e. The van der Waals surface area contributed by atoms with Crippen LogP contribution in [0.25, 0.3) is 16.6 Å². The van der Waals surface area contributed by atoms with Crippen molar-refractivity contribution in [3.8, 4) is 5.75 Å². The molecule has 9 nitrogen and oxygen atoms in total. The van der Waals surface area contributed by atoms with E-state index < -0.39 is 0 Å². The van der Waals surface area contributed by atoms with E-state index in [1.807, 2.05) is 18.2 Å². The van der Waals surface area contributed by atoms with Crippen molar-refractivity contribution in [1.82, 2.24) is 24.5 Å². The van der Waals surface area contributed by atoms with E-state index in [1.165, 1.54) is 16.8 Å². The van der Waals surface area contributed by atoms with Crippen LogP contribution in [0.4, 0.5) is 11.6 Å². The molecule has 9 heteroatoms. The number of aromatic nitrogens is 4. The number of nitrogens with two attached hydrogens (primary N) is 1. The molecule has 0 saturated carbocycles. The lowest BCUT2D eigenvalue weighted by Gasteiger charge is -2.29. The number of nitrogen functional groups attached to an aromatic ring is 1. The van der Waals surface area contributed by atoms with Gasteiger partial charge in [-0.2, -0.15) is 4.52 Å². The maximum Gasteiger partial charge on any atom is 0.223 e. The number of morpholine rings is 1. The highest BCUT2D eigenvalue weighted by Gasteiger charge is 2.22. The highest BCUT2D eigenvalue weighted by Crippen LogP contribution is 2.29. The molecule has 0 amide bonds. The molecular weight excluding hydrogens is 418 g/mol. The van der Waals surface area contributed by atoms with Gasteiger partial charge in [0.05, 0.1) is 20.3 Å². The maximum absolute atomic E-state index is 6.18. The zero-order chi connectivity index (χ0) is 22.4. The van der Waals surface area contributed by atoms with E-state index in [1.54, 1.807) is 11.6 Å².